The van der Waals surface area contributed by atoms with Crippen molar-refractivity contribution in [3.05, 3.63) is 47.8 Å². The maximum atomic E-state index is 13.7. The van der Waals surface area contributed by atoms with Crippen LogP contribution in [0.1, 0.15) is 18.4 Å². The van der Waals surface area contributed by atoms with Crippen molar-refractivity contribution in [2.75, 3.05) is 6.54 Å². The number of halogens is 2. The first-order valence-corrected chi connectivity index (χ1v) is 7.90. The van der Waals surface area contributed by atoms with E-state index >= 15 is 0 Å². The topological polar surface area (TPSA) is 49.0 Å². The summed E-state index contributed by atoms with van der Waals surface area (Å²) in [6.45, 7) is 0.755. The van der Waals surface area contributed by atoms with Crippen molar-refractivity contribution in [3.8, 4) is 0 Å². The van der Waals surface area contributed by atoms with Gasteiger partial charge in [0.25, 0.3) is 0 Å². The lowest BCUT2D eigenvalue weighted by atomic mass is 10.1. The summed E-state index contributed by atoms with van der Waals surface area (Å²) in [5, 5.41) is 0.483. The highest BCUT2D eigenvalue weighted by Gasteiger charge is 2.30. The van der Waals surface area contributed by atoms with Gasteiger partial charge in [0, 0.05) is 37.1 Å². The van der Waals surface area contributed by atoms with Gasteiger partial charge in [-0.2, -0.15) is 0 Å². The van der Waals surface area contributed by atoms with Crippen LogP contribution < -0.4 is 0 Å². The van der Waals surface area contributed by atoms with Gasteiger partial charge in [0.1, 0.15) is 11.6 Å². The van der Waals surface area contributed by atoms with E-state index < -0.39 is 11.6 Å². The molecule has 0 aliphatic carbocycles. The zero-order chi connectivity index (χ0) is 15.5. The minimum Gasteiger partial charge on any atom is -0.340 e. The Labute approximate surface area is 130 Å². The Morgan fingerprint density at radius 2 is 2.27 bits per heavy atom. The number of aromatic amines is 1. The number of benzene rings is 1. The molecular formula is C15H15F2N3OS. The fourth-order valence-corrected chi connectivity index (χ4v) is 3.54. The summed E-state index contributed by atoms with van der Waals surface area (Å²) >= 11 is 1.39. The van der Waals surface area contributed by atoms with Crippen LogP contribution in [0.2, 0.25) is 0 Å². The molecule has 0 radical (unpaired) electrons. The zero-order valence-electron chi connectivity index (χ0n) is 11.8. The summed E-state index contributed by atoms with van der Waals surface area (Å²) < 4.78 is 26.7. The number of amides is 1. The number of carbonyl (C=O) groups is 1. The third-order valence-corrected chi connectivity index (χ3v) is 4.75. The van der Waals surface area contributed by atoms with Crippen molar-refractivity contribution in [2.24, 2.45) is 0 Å². The van der Waals surface area contributed by atoms with Crippen molar-refractivity contribution in [1.29, 1.82) is 0 Å². The fraction of sp³-hybridized carbons (Fsp3) is 0.333. The van der Waals surface area contributed by atoms with E-state index in [9.17, 15) is 13.6 Å². The predicted molar refractivity (Wildman–Crippen MR) is 79.2 cm³/mol. The molecule has 0 spiro atoms. The first-order chi connectivity index (χ1) is 10.6. The van der Waals surface area contributed by atoms with E-state index in [1.165, 1.54) is 23.9 Å². The van der Waals surface area contributed by atoms with Crippen LogP contribution in [0.5, 0.6) is 0 Å². The molecule has 0 unspecified atom stereocenters. The van der Waals surface area contributed by atoms with Crippen molar-refractivity contribution in [1.82, 2.24) is 14.9 Å². The molecule has 116 valence electrons. The van der Waals surface area contributed by atoms with Crippen molar-refractivity contribution in [3.63, 3.8) is 0 Å². The van der Waals surface area contributed by atoms with Crippen LogP contribution in [0.25, 0.3) is 0 Å². The Hall–Kier alpha value is -1.89. The van der Waals surface area contributed by atoms with Gasteiger partial charge in [-0.1, -0.05) is 17.8 Å². The summed E-state index contributed by atoms with van der Waals surface area (Å²) in [5.41, 5.74) is 0.332. The highest BCUT2D eigenvalue weighted by molar-refractivity contribution is 8.00. The van der Waals surface area contributed by atoms with E-state index in [1.54, 1.807) is 17.3 Å². The average molecular weight is 323 g/mol. The lowest BCUT2D eigenvalue weighted by Gasteiger charge is -2.31. The molecule has 1 N–H and O–H groups in total. The Kier molecular flexibility index (Phi) is 4.42. The molecule has 1 aromatic heterocycles. The van der Waals surface area contributed by atoms with Gasteiger partial charge in [0.15, 0.2) is 5.16 Å². The van der Waals surface area contributed by atoms with E-state index in [0.717, 1.165) is 18.9 Å². The number of piperidine rings is 1. The van der Waals surface area contributed by atoms with Crippen molar-refractivity contribution >= 4 is 17.7 Å². The summed E-state index contributed by atoms with van der Waals surface area (Å²) in [6, 6.07) is 3.45. The largest absolute Gasteiger partial charge is 0.340 e. The number of hydrogen-bond donors (Lipinski definition) is 1. The Bertz CT molecular complexity index is 663. The number of nitrogens with zero attached hydrogens (tertiary/aromatic N) is 2. The Morgan fingerprint density at radius 3 is 3.00 bits per heavy atom. The van der Waals surface area contributed by atoms with Gasteiger partial charge in [-0.05, 0) is 18.9 Å². The van der Waals surface area contributed by atoms with Crippen LogP contribution in [-0.4, -0.2) is 32.6 Å². The molecule has 1 saturated heterocycles. The van der Waals surface area contributed by atoms with Crippen LogP contribution >= 0.6 is 11.8 Å². The first kappa shape index (κ1) is 15.0. The van der Waals surface area contributed by atoms with Gasteiger partial charge >= 0.3 is 0 Å². The third-order valence-electron chi connectivity index (χ3n) is 3.58. The van der Waals surface area contributed by atoms with E-state index in [-0.39, 0.29) is 17.7 Å². The maximum Gasteiger partial charge on any atom is 0.236 e. The van der Waals surface area contributed by atoms with Crippen molar-refractivity contribution in [2.45, 2.75) is 29.8 Å². The lowest BCUT2D eigenvalue weighted by Crippen LogP contribution is -2.42. The number of rotatable bonds is 4. The van der Waals surface area contributed by atoms with Gasteiger partial charge < -0.3 is 9.88 Å². The monoisotopic (exact) mass is 323 g/mol. The van der Waals surface area contributed by atoms with Crippen molar-refractivity contribution < 1.29 is 13.6 Å². The predicted octanol–water partition coefficient (Wildman–Crippen LogP) is 2.97. The first-order valence-electron chi connectivity index (χ1n) is 7.02. The number of imidazole rings is 1. The molecule has 7 heteroatoms. The molecule has 22 heavy (non-hydrogen) atoms. The zero-order valence-corrected chi connectivity index (χ0v) is 12.6. The number of carbonyl (C=O) groups excluding carboxylic acids is 1. The second-order valence-corrected chi connectivity index (χ2v) is 6.33. The number of aromatic nitrogens is 2. The van der Waals surface area contributed by atoms with E-state index in [1.807, 2.05) is 0 Å². The molecular weight excluding hydrogens is 308 g/mol. The molecule has 2 heterocycles. The summed E-state index contributed by atoms with van der Waals surface area (Å²) in [7, 11) is 0. The third kappa shape index (κ3) is 3.30. The number of nitrogens with one attached hydrogen (secondary N) is 1. The van der Waals surface area contributed by atoms with Crippen LogP contribution in [-0.2, 0) is 11.3 Å². The van der Waals surface area contributed by atoms with Gasteiger partial charge in [0.05, 0.1) is 5.25 Å². The van der Waals surface area contributed by atoms with E-state index in [0.29, 0.717) is 17.3 Å². The van der Waals surface area contributed by atoms with Gasteiger partial charge in [-0.15, -0.1) is 0 Å². The highest BCUT2D eigenvalue weighted by Crippen LogP contribution is 2.29. The van der Waals surface area contributed by atoms with E-state index in [4.69, 9.17) is 0 Å². The highest BCUT2D eigenvalue weighted by atomic mass is 32.2. The number of likely N-dealkylation sites (tertiary alicyclic amines) is 1. The van der Waals surface area contributed by atoms with Crippen LogP contribution in [0.3, 0.4) is 0 Å². The molecule has 1 fully saturated rings. The number of hydrogen-bond acceptors (Lipinski definition) is 3. The Morgan fingerprint density at radius 1 is 1.41 bits per heavy atom. The minimum atomic E-state index is -0.617. The smallest absolute Gasteiger partial charge is 0.236 e. The second kappa shape index (κ2) is 6.48. The minimum absolute atomic E-state index is 0.0311. The second-order valence-electron chi connectivity index (χ2n) is 5.14. The normalized spacial score (nSPS) is 18.7. The van der Waals surface area contributed by atoms with Crippen LogP contribution in [0, 0.1) is 11.6 Å². The molecule has 0 bridgehead atoms. The number of H-pyrrole nitrogens is 1. The molecule has 2 aromatic rings. The molecule has 1 aromatic carbocycles. The molecule has 1 aliphatic heterocycles. The molecule has 1 amide bonds. The van der Waals surface area contributed by atoms with E-state index in [2.05, 4.69) is 9.97 Å². The SMILES string of the molecule is O=C1[C@H](Sc2ncc[nH]2)CCCN1Cc1ccc(F)cc1F. The molecule has 1 atom stereocenters. The van der Waals surface area contributed by atoms with Crippen LogP contribution in [0.15, 0.2) is 35.7 Å². The summed E-state index contributed by atoms with van der Waals surface area (Å²) in [6.07, 6.45) is 4.97. The van der Waals surface area contributed by atoms with Gasteiger partial charge in [-0.3, -0.25) is 4.79 Å². The van der Waals surface area contributed by atoms with Gasteiger partial charge in [-0.25, -0.2) is 13.8 Å². The molecule has 1 aliphatic rings. The van der Waals surface area contributed by atoms with Crippen LogP contribution in [0.4, 0.5) is 8.78 Å². The molecule has 0 saturated carbocycles. The summed E-state index contributed by atoms with van der Waals surface area (Å²) in [4.78, 5) is 21.2. The fourth-order valence-electron chi connectivity index (χ4n) is 2.48. The lowest BCUT2D eigenvalue weighted by molar-refractivity contribution is -0.133. The average Bonchev–Trinajstić information content (AvgIpc) is 2.99. The van der Waals surface area contributed by atoms with Gasteiger partial charge in [0.2, 0.25) is 5.91 Å². The summed E-state index contributed by atoms with van der Waals surface area (Å²) in [5.74, 6) is -1.26. The molecule has 4 nitrogen and oxygen atoms in total. The standard InChI is InChI=1S/C15H15F2N3OS/c16-11-4-3-10(12(17)8-11)9-20-7-1-2-13(14(20)21)22-15-18-5-6-19-15/h3-6,8,13H,1-2,7,9H2,(H,18,19)/t13-/m1/s1. The Balaban J connectivity index is 1.69. The number of thioether (sulfide) groups is 1. The molecule has 3 rings (SSSR count). The quantitative estimate of drug-likeness (QED) is 0.941. The maximum absolute atomic E-state index is 13.7.